The number of carbonyl (C=O) groups excluding carboxylic acids is 1. The van der Waals surface area contributed by atoms with Gasteiger partial charge in [-0.1, -0.05) is 35.5 Å². The zero-order chi connectivity index (χ0) is 10.3. The maximum atomic E-state index is 10.2. The van der Waals surface area contributed by atoms with Gasteiger partial charge in [0.05, 0.1) is 5.56 Å². The van der Waals surface area contributed by atoms with Gasteiger partial charge in [0.15, 0.2) is 5.76 Å². The van der Waals surface area contributed by atoms with Crippen molar-refractivity contribution in [2.24, 2.45) is 0 Å². The first-order valence-corrected chi connectivity index (χ1v) is 4.45. The molecule has 1 aliphatic rings. The molecule has 0 unspecified atom stereocenters. The van der Waals surface area contributed by atoms with Crippen LogP contribution in [0.15, 0.2) is 34.9 Å². The van der Waals surface area contributed by atoms with Crippen LogP contribution in [0, 0.1) is 6.10 Å². The van der Waals surface area contributed by atoms with Crippen LogP contribution in [0.3, 0.4) is 0 Å². The molecule has 0 fully saturated rings. The summed E-state index contributed by atoms with van der Waals surface area (Å²) in [6, 6.07) is 9.57. The van der Waals surface area contributed by atoms with Crippen LogP contribution in [-0.4, -0.2) is 11.6 Å². The van der Waals surface area contributed by atoms with Crippen molar-refractivity contribution in [2.75, 3.05) is 0 Å². The van der Waals surface area contributed by atoms with E-state index in [4.69, 9.17) is 9.26 Å². The Balaban J connectivity index is 1.97. The molecule has 1 radical (unpaired) electrons. The third-order valence-electron chi connectivity index (χ3n) is 2.27. The minimum absolute atomic E-state index is 0.395. The molecule has 1 aromatic carbocycles. The summed E-state index contributed by atoms with van der Waals surface area (Å²) < 4.78 is 9.87. The van der Waals surface area contributed by atoms with Crippen LogP contribution in [0.25, 0.3) is 11.3 Å². The molecular weight excluding hydrogens is 194 g/mol. The van der Waals surface area contributed by atoms with Crippen LogP contribution in [0.5, 0.6) is 0 Å². The standard InChI is InChI=1S/C11H6NO3/c13-6-14-11-8-9(11)12-15-10(8)7-4-2-1-3-5-7/h1-6H. The first kappa shape index (κ1) is 8.23. The van der Waals surface area contributed by atoms with E-state index in [-0.39, 0.29) is 0 Å². The summed E-state index contributed by atoms with van der Waals surface area (Å²) in [6.07, 6.45) is 0.523. The monoisotopic (exact) mass is 200 g/mol. The highest BCUT2D eigenvalue weighted by Gasteiger charge is 2.46. The van der Waals surface area contributed by atoms with Crippen molar-refractivity contribution in [3.05, 3.63) is 47.7 Å². The minimum atomic E-state index is 0.395. The minimum Gasteiger partial charge on any atom is -0.444 e. The van der Waals surface area contributed by atoms with E-state index in [0.717, 1.165) is 11.1 Å². The molecule has 1 aromatic heterocycles. The van der Waals surface area contributed by atoms with Gasteiger partial charge in [-0.25, -0.2) is 0 Å². The van der Waals surface area contributed by atoms with Crippen LogP contribution in [0.1, 0.15) is 11.3 Å². The van der Waals surface area contributed by atoms with Crippen LogP contribution >= 0.6 is 0 Å². The fourth-order valence-electron chi connectivity index (χ4n) is 1.55. The smallest absolute Gasteiger partial charge is 0.294 e. The number of ether oxygens (including phenoxy) is 1. The van der Waals surface area contributed by atoms with Gasteiger partial charge in [-0.05, 0) is 0 Å². The molecule has 0 spiro atoms. The Hall–Kier alpha value is -2.10. The number of rotatable bonds is 3. The Labute approximate surface area is 85.5 Å². The Morgan fingerprint density at radius 1 is 1.27 bits per heavy atom. The van der Waals surface area contributed by atoms with E-state index < -0.39 is 0 Å². The molecule has 73 valence electrons. The third kappa shape index (κ3) is 1.15. The molecule has 3 rings (SSSR count). The molecule has 4 nitrogen and oxygen atoms in total. The lowest BCUT2D eigenvalue weighted by Crippen LogP contribution is -1.88. The van der Waals surface area contributed by atoms with Gasteiger partial charge in [-0.2, -0.15) is 0 Å². The Kier molecular flexibility index (Phi) is 1.62. The maximum Gasteiger partial charge on any atom is 0.294 e. The second kappa shape index (κ2) is 2.95. The number of aromatic nitrogens is 1. The SMILES string of the molecule is O=CO[C]1c2noc(-c3ccccc3)c21. The fraction of sp³-hybridized carbons (Fsp3) is 0. The molecule has 0 N–H and O–H groups in total. The lowest BCUT2D eigenvalue weighted by molar-refractivity contribution is -0.125. The van der Waals surface area contributed by atoms with Gasteiger partial charge in [-0.15, -0.1) is 0 Å². The highest BCUT2D eigenvalue weighted by Crippen LogP contribution is 2.48. The summed E-state index contributed by atoms with van der Waals surface area (Å²) in [4.78, 5) is 10.2. The largest absolute Gasteiger partial charge is 0.444 e. The molecule has 0 atom stereocenters. The number of carbonyl (C=O) groups is 1. The van der Waals surface area contributed by atoms with Gasteiger partial charge in [0.1, 0.15) is 5.69 Å². The van der Waals surface area contributed by atoms with Crippen molar-refractivity contribution in [2.45, 2.75) is 0 Å². The maximum absolute atomic E-state index is 10.2. The number of nitrogens with zero attached hydrogens (tertiary/aromatic N) is 1. The van der Waals surface area contributed by atoms with E-state index in [1.807, 2.05) is 30.3 Å². The van der Waals surface area contributed by atoms with Crippen molar-refractivity contribution < 1.29 is 14.1 Å². The molecule has 0 saturated carbocycles. The Morgan fingerprint density at radius 2 is 2.07 bits per heavy atom. The highest BCUT2D eigenvalue weighted by atomic mass is 16.5. The summed E-state index contributed by atoms with van der Waals surface area (Å²) in [5, 5.41) is 3.79. The first-order chi connectivity index (χ1) is 7.42. The zero-order valence-electron chi connectivity index (χ0n) is 7.64. The van der Waals surface area contributed by atoms with Crippen LogP contribution < -0.4 is 0 Å². The lowest BCUT2D eigenvalue weighted by Gasteiger charge is -1.96. The molecule has 0 aliphatic heterocycles. The fourth-order valence-corrected chi connectivity index (χ4v) is 1.55. The van der Waals surface area contributed by atoms with Crippen molar-refractivity contribution >= 4 is 6.47 Å². The lowest BCUT2D eigenvalue weighted by atomic mass is 10.1. The number of fused-ring (bicyclic) bond motifs is 1. The Bertz CT molecular complexity index is 504. The molecular formula is C11H6NO3. The molecule has 0 amide bonds. The van der Waals surface area contributed by atoms with E-state index >= 15 is 0 Å². The highest BCUT2D eigenvalue weighted by molar-refractivity contribution is 5.77. The summed E-state index contributed by atoms with van der Waals surface area (Å²) in [7, 11) is 0. The molecule has 4 heteroatoms. The Morgan fingerprint density at radius 3 is 2.80 bits per heavy atom. The van der Waals surface area contributed by atoms with Gasteiger partial charge in [0, 0.05) is 5.56 Å². The summed E-state index contributed by atoms with van der Waals surface area (Å²) >= 11 is 0. The summed E-state index contributed by atoms with van der Waals surface area (Å²) in [5.74, 6) is 0.655. The molecule has 0 saturated heterocycles. The van der Waals surface area contributed by atoms with Crippen LogP contribution in [0.4, 0.5) is 0 Å². The van der Waals surface area contributed by atoms with Gasteiger partial charge in [-0.3, -0.25) is 4.79 Å². The topological polar surface area (TPSA) is 52.3 Å². The predicted octanol–water partition coefficient (Wildman–Crippen LogP) is 1.76. The van der Waals surface area contributed by atoms with E-state index in [0.29, 0.717) is 24.0 Å². The predicted molar refractivity (Wildman–Crippen MR) is 50.5 cm³/mol. The van der Waals surface area contributed by atoms with Gasteiger partial charge >= 0.3 is 0 Å². The second-order valence-corrected chi connectivity index (χ2v) is 3.14. The molecule has 1 heterocycles. The van der Waals surface area contributed by atoms with Crippen LogP contribution in [-0.2, 0) is 9.53 Å². The third-order valence-corrected chi connectivity index (χ3v) is 2.27. The summed E-state index contributed by atoms with van der Waals surface area (Å²) in [5.41, 5.74) is 2.37. The number of benzene rings is 1. The normalized spacial score (nSPS) is 13.3. The average Bonchev–Trinajstić information content (AvgIpc) is 2.78. The van der Waals surface area contributed by atoms with Crippen LogP contribution in [0.2, 0.25) is 0 Å². The second-order valence-electron chi connectivity index (χ2n) is 3.14. The molecule has 1 aliphatic carbocycles. The van der Waals surface area contributed by atoms with Gasteiger partial charge in [0.2, 0.25) is 6.10 Å². The van der Waals surface area contributed by atoms with Gasteiger partial charge < -0.3 is 9.26 Å². The van der Waals surface area contributed by atoms with Gasteiger partial charge in [0.25, 0.3) is 6.47 Å². The van der Waals surface area contributed by atoms with Crippen molar-refractivity contribution in [1.82, 2.24) is 5.16 Å². The van der Waals surface area contributed by atoms with E-state index in [2.05, 4.69) is 5.16 Å². The van der Waals surface area contributed by atoms with Crippen molar-refractivity contribution in [1.29, 1.82) is 0 Å². The first-order valence-electron chi connectivity index (χ1n) is 4.45. The molecule has 2 aromatic rings. The number of hydrogen-bond acceptors (Lipinski definition) is 4. The number of hydrogen-bond donors (Lipinski definition) is 0. The average molecular weight is 200 g/mol. The van der Waals surface area contributed by atoms with E-state index in [1.54, 1.807) is 0 Å². The van der Waals surface area contributed by atoms with E-state index in [9.17, 15) is 4.79 Å². The molecule has 0 bridgehead atoms. The van der Waals surface area contributed by atoms with Crippen molar-refractivity contribution in [3.63, 3.8) is 0 Å². The summed E-state index contributed by atoms with van der Waals surface area (Å²) in [6.45, 7) is 0.395. The van der Waals surface area contributed by atoms with E-state index in [1.165, 1.54) is 0 Å². The molecule has 15 heavy (non-hydrogen) atoms. The zero-order valence-corrected chi connectivity index (χ0v) is 7.64. The van der Waals surface area contributed by atoms with Crippen molar-refractivity contribution in [3.8, 4) is 11.3 Å². The quantitative estimate of drug-likeness (QED) is 0.708.